The zero-order valence-electron chi connectivity index (χ0n) is 18.0. The molecule has 0 amide bonds. The zero-order valence-corrected chi connectivity index (χ0v) is 18.8. The summed E-state index contributed by atoms with van der Waals surface area (Å²) >= 11 is 0. The Morgan fingerprint density at radius 3 is 2.50 bits per heavy atom. The molecule has 1 N–H and O–H groups in total. The molecule has 2 aromatic rings. The molecule has 0 radical (unpaired) electrons. The Morgan fingerprint density at radius 2 is 1.91 bits per heavy atom. The molecule has 0 saturated carbocycles. The SMILES string of the molecule is C[C@H]1Cn2nc(OCC3CCN(S(C)(=O)=O)CC3)cc2-c2cnc(C(C)(O)C(F)(F)F)n21. The molecule has 4 heterocycles. The second-order valence-electron chi connectivity index (χ2n) is 8.72. The number of nitrogens with zero attached hydrogens (tertiary/aromatic N) is 5. The van der Waals surface area contributed by atoms with Crippen LogP contribution in [0.25, 0.3) is 11.4 Å². The van der Waals surface area contributed by atoms with Crippen molar-refractivity contribution in [2.24, 2.45) is 5.92 Å². The van der Waals surface area contributed by atoms with Crippen LogP contribution in [0.15, 0.2) is 12.3 Å². The second kappa shape index (κ2) is 7.73. The Hall–Kier alpha value is -2.12. The van der Waals surface area contributed by atoms with Gasteiger partial charge in [-0.1, -0.05) is 0 Å². The lowest BCUT2D eigenvalue weighted by atomic mass is 9.99. The number of piperidine rings is 1. The molecule has 0 aliphatic carbocycles. The number of sulfonamides is 1. The van der Waals surface area contributed by atoms with Gasteiger partial charge < -0.3 is 14.4 Å². The van der Waals surface area contributed by atoms with Crippen LogP contribution >= 0.6 is 0 Å². The number of fused-ring (bicyclic) bond motifs is 3. The van der Waals surface area contributed by atoms with Gasteiger partial charge in [-0.3, -0.25) is 4.68 Å². The molecule has 0 bridgehead atoms. The van der Waals surface area contributed by atoms with Crippen molar-refractivity contribution in [3.8, 4) is 17.3 Å². The molecule has 1 saturated heterocycles. The molecule has 0 spiro atoms. The van der Waals surface area contributed by atoms with E-state index in [0.717, 1.165) is 0 Å². The number of imidazole rings is 1. The summed E-state index contributed by atoms with van der Waals surface area (Å²) in [6, 6.07) is 1.24. The largest absolute Gasteiger partial charge is 0.476 e. The Labute approximate surface area is 183 Å². The number of hydrogen-bond donors (Lipinski definition) is 1. The lowest BCUT2D eigenvalue weighted by Gasteiger charge is -2.31. The summed E-state index contributed by atoms with van der Waals surface area (Å²) in [5, 5.41) is 14.6. The topological polar surface area (TPSA) is 102 Å². The molecule has 1 fully saturated rings. The van der Waals surface area contributed by atoms with E-state index in [1.54, 1.807) is 17.7 Å². The van der Waals surface area contributed by atoms with Gasteiger partial charge >= 0.3 is 6.18 Å². The maximum absolute atomic E-state index is 13.4. The fourth-order valence-corrected chi connectivity index (χ4v) is 5.11. The van der Waals surface area contributed by atoms with Gasteiger partial charge in [0.05, 0.1) is 43.0 Å². The highest BCUT2D eigenvalue weighted by molar-refractivity contribution is 7.88. The summed E-state index contributed by atoms with van der Waals surface area (Å²) in [7, 11) is -3.19. The molecule has 4 rings (SSSR count). The highest BCUT2D eigenvalue weighted by Gasteiger charge is 2.55. The van der Waals surface area contributed by atoms with Crippen molar-refractivity contribution in [1.29, 1.82) is 0 Å². The number of ether oxygens (including phenoxy) is 1. The number of alkyl halides is 3. The van der Waals surface area contributed by atoms with Crippen molar-refractivity contribution in [3.05, 3.63) is 18.1 Å². The van der Waals surface area contributed by atoms with E-state index in [0.29, 0.717) is 63.3 Å². The summed E-state index contributed by atoms with van der Waals surface area (Å²) in [4.78, 5) is 3.90. The highest BCUT2D eigenvalue weighted by Crippen LogP contribution is 2.42. The first-order valence-corrected chi connectivity index (χ1v) is 12.2. The maximum Gasteiger partial charge on any atom is 0.424 e. The lowest BCUT2D eigenvalue weighted by Crippen LogP contribution is -2.42. The Kier molecular flexibility index (Phi) is 5.57. The van der Waals surface area contributed by atoms with Crippen LogP contribution in [0.4, 0.5) is 13.2 Å². The Bertz CT molecular complexity index is 1100. The fourth-order valence-electron chi connectivity index (χ4n) is 4.24. The molecule has 2 atom stereocenters. The Morgan fingerprint density at radius 1 is 1.25 bits per heavy atom. The number of hydrogen-bond acceptors (Lipinski definition) is 6. The molecule has 13 heteroatoms. The lowest BCUT2D eigenvalue weighted by molar-refractivity contribution is -0.262. The Balaban J connectivity index is 1.50. The molecule has 2 aromatic heterocycles. The van der Waals surface area contributed by atoms with Crippen LogP contribution in [-0.4, -0.2) is 69.3 Å². The van der Waals surface area contributed by atoms with Crippen molar-refractivity contribution in [3.63, 3.8) is 0 Å². The molecule has 2 aliphatic heterocycles. The van der Waals surface area contributed by atoms with E-state index in [9.17, 15) is 26.7 Å². The van der Waals surface area contributed by atoms with Crippen molar-refractivity contribution in [2.75, 3.05) is 26.0 Å². The summed E-state index contributed by atoms with van der Waals surface area (Å²) in [6.45, 7) is 4.01. The van der Waals surface area contributed by atoms with Crippen molar-refractivity contribution < 1.29 is 31.4 Å². The minimum atomic E-state index is -4.87. The van der Waals surface area contributed by atoms with E-state index in [2.05, 4.69) is 10.1 Å². The first-order valence-electron chi connectivity index (χ1n) is 10.3. The van der Waals surface area contributed by atoms with E-state index < -0.39 is 33.7 Å². The van der Waals surface area contributed by atoms with Crippen molar-refractivity contribution >= 4 is 10.0 Å². The van der Waals surface area contributed by atoms with Crippen LogP contribution in [0.2, 0.25) is 0 Å². The quantitative estimate of drug-likeness (QED) is 0.708. The first-order chi connectivity index (χ1) is 14.8. The van der Waals surface area contributed by atoms with Gasteiger partial charge in [0, 0.05) is 19.2 Å². The van der Waals surface area contributed by atoms with Gasteiger partial charge in [0.15, 0.2) is 5.82 Å². The van der Waals surface area contributed by atoms with Gasteiger partial charge in [-0.15, -0.1) is 5.10 Å². The number of aromatic nitrogens is 4. The van der Waals surface area contributed by atoms with Crippen LogP contribution in [0.1, 0.15) is 38.6 Å². The molecule has 9 nitrogen and oxygen atoms in total. The number of halogens is 3. The minimum Gasteiger partial charge on any atom is -0.476 e. The molecule has 1 unspecified atom stereocenters. The van der Waals surface area contributed by atoms with Gasteiger partial charge in [0.1, 0.15) is 0 Å². The smallest absolute Gasteiger partial charge is 0.424 e. The third-order valence-corrected chi connectivity index (χ3v) is 7.49. The first kappa shape index (κ1) is 23.1. The van der Waals surface area contributed by atoms with Gasteiger partial charge in [-0.05, 0) is 32.6 Å². The third kappa shape index (κ3) is 4.01. The molecule has 0 aromatic carbocycles. The maximum atomic E-state index is 13.4. The molecular weight excluding hydrogens is 451 g/mol. The van der Waals surface area contributed by atoms with E-state index in [1.807, 2.05) is 0 Å². The van der Waals surface area contributed by atoms with Crippen LogP contribution in [0.3, 0.4) is 0 Å². The zero-order chi connectivity index (χ0) is 23.5. The van der Waals surface area contributed by atoms with E-state index in [-0.39, 0.29) is 5.92 Å². The van der Waals surface area contributed by atoms with Crippen LogP contribution in [0, 0.1) is 5.92 Å². The second-order valence-corrected chi connectivity index (χ2v) is 10.7. The van der Waals surface area contributed by atoms with Crippen LogP contribution < -0.4 is 4.74 Å². The summed E-state index contributed by atoms with van der Waals surface area (Å²) in [5.41, 5.74) is -2.10. The predicted molar refractivity (Wildman–Crippen MR) is 108 cm³/mol. The average Bonchev–Trinajstić information content (AvgIpc) is 3.29. The molecule has 2 aliphatic rings. The van der Waals surface area contributed by atoms with Gasteiger partial charge in [0.2, 0.25) is 21.5 Å². The van der Waals surface area contributed by atoms with Crippen LogP contribution in [-0.2, 0) is 22.2 Å². The predicted octanol–water partition coefficient (Wildman–Crippen LogP) is 2.14. The van der Waals surface area contributed by atoms with Crippen LogP contribution in [0.5, 0.6) is 5.88 Å². The summed E-state index contributed by atoms with van der Waals surface area (Å²) in [5.74, 6) is 0.0706. The fraction of sp³-hybridized carbons (Fsp3) is 0.684. The summed E-state index contributed by atoms with van der Waals surface area (Å²) < 4.78 is 73.8. The van der Waals surface area contributed by atoms with E-state index in [4.69, 9.17) is 4.74 Å². The molecular formula is C19H26F3N5O4S. The number of aliphatic hydroxyl groups is 1. The monoisotopic (exact) mass is 477 g/mol. The standard InChI is InChI=1S/C19H26F3N5O4S/c1-12-10-26-14(15-9-23-17(27(12)15)18(2,28)19(20,21)22)8-16(24-26)31-11-13-4-6-25(7-5-13)32(3,29)30/h8-9,12-13,28H,4-7,10-11H2,1-3H3/t12-,18?/m0/s1. The van der Waals surface area contributed by atoms with Gasteiger partial charge in [0.25, 0.3) is 0 Å². The van der Waals surface area contributed by atoms with E-state index >= 15 is 0 Å². The molecule has 32 heavy (non-hydrogen) atoms. The highest BCUT2D eigenvalue weighted by atomic mass is 32.2. The summed E-state index contributed by atoms with van der Waals surface area (Å²) in [6.07, 6.45) is -0.998. The molecule has 178 valence electrons. The van der Waals surface area contributed by atoms with Crippen molar-refractivity contribution in [1.82, 2.24) is 23.6 Å². The number of rotatable bonds is 5. The minimum absolute atomic E-state index is 0.185. The third-order valence-electron chi connectivity index (χ3n) is 6.19. The van der Waals surface area contributed by atoms with E-state index in [1.165, 1.54) is 21.3 Å². The normalized spacial score (nSPS) is 22.3. The van der Waals surface area contributed by atoms with Gasteiger partial charge in [-0.25, -0.2) is 17.7 Å². The van der Waals surface area contributed by atoms with Crippen molar-refractivity contribution in [2.45, 2.75) is 51.1 Å². The van der Waals surface area contributed by atoms with Gasteiger partial charge in [-0.2, -0.15) is 13.2 Å². The average molecular weight is 478 g/mol.